The molecule has 0 rings (SSSR count). The Morgan fingerprint density at radius 2 is 1.69 bits per heavy atom. The van der Waals surface area contributed by atoms with Crippen molar-refractivity contribution in [3.63, 3.8) is 0 Å². The van der Waals surface area contributed by atoms with Gasteiger partial charge in [0.1, 0.15) is 0 Å². The van der Waals surface area contributed by atoms with Gasteiger partial charge < -0.3 is 15.9 Å². The van der Waals surface area contributed by atoms with Crippen molar-refractivity contribution in [3.05, 3.63) is 6.54 Å². The molecule has 0 heterocycles. The van der Waals surface area contributed by atoms with E-state index < -0.39 is 33.7 Å². The van der Waals surface area contributed by atoms with Crippen LogP contribution in [0.4, 0.5) is 0 Å². The van der Waals surface area contributed by atoms with Crippen molar-refractivity contribution < 1.29 is 62.3 Å². The molecule has 0 aliphatic carbocycles. The van der Waals surface area contributed by atoms with Crippen molar-refractivity contribution >= 4 is 22.1 Å². The fourth-order valence-corrected chi connectivity index (χ4v) is 1.09. The van der Waals surface area contributed by atoms with Crippen LogP contribution in [0.3, 0.4) is 0 Å². The van der Waals surface area contributed by atoms with E-state index >= 15 is 0 Å². The van der Waals surface area contributed by atoms with Crippen LogP contribution in [-0.4, -0.2) is 40.4 Å². The summed E-state index contributed by atoms with van der Waals surface area (Å²) < 4.78 is 28.7. The fourth-order valence-electron chi connectivity index (χ4n) is 0.479. The van der Waals surface area contributed by atoms with Gasteiger partial charge in [0.25, 0.3) is 10.1 Å². The average Bonchev–Trinajstić information content (AvgIpc) is 1.98. The van der Waals surface area contributed by atoms with Crippen molar-refractivity contribution in [1.82, 2.24) is 0 Å². The summed E-state index contributed by atoms with van der Waals surface area (Å²) in [6.07, 6.45) is -1.16. The minimum atomic E-state index is -4.84. The van der Waals surface area contributed by atoms with Crippen LogP contribution in [0, 0.1) is 6.54 Å². The molecule has 0 aromatic carbocycles. The molecule has 0 aromatic rings. The van der Waals surface area contributed by atoms with Crippen molar-refractivity contribution in [2.45, 2.75) is 18.6 Å². The number of aliphatic carboxylic acids is 2. The van der Waals surface area contributed by atoms with Crippen LogP contribution in [-0.2, 0) is 19.7 Å². The Bertz CT molecular complexity index is 315. The Morgan fingerprint density at radius 3 is 1.75 bits per heavy atom. The fraction of sp³-hybridized carbons (Fsp3) is 0.500. The molecule has 0 fully saturated rings. The third-order valence-electron chi connectivity index (χ3n) is 0.995. The molecule has 1 atom stereocenters. The van der Waals surface area contributed by atoms with Crippen LogP contribution in [0.5, 0.6) is 0 Å². The number of carboxylic acids is 2. The Balaban J connectivity index is -0.000000377. The first-order chi connectivity index (χ1) is 6.66. The maximum Gasteiger partial charge on any atom is 1.00 e. The number of carboxylic acid groups (broad SMARTS) is 2. The van der Waals surface area contributed by atoms with Crippen molar-refractivity contribution in [2.75, 3.05) is 0 Å². The minimum absolute atomic E-state index is 0. The number of hydrogen-bond donors (Lipinski definition) is 4. The molecule has 0 saturated heterocycles. The van der Waals surface area contributed by atoms with Crippen molar-refractivity contribution in [1.29, 1.82) is 0 Å². The van der Waals surface area contributed by atoms with Gasteiger partial charge in [-0.3, -0.25) is 20.7 Å². The first-order valence-corrected chi connectivity index (χ1v) is 5.07. The quantitative estimate of drug-likeness (QED) is 0.227. The van der Waals surface area contributed by atoms with Crippen LogP contribution >= 0.6 is 0 Å². The van der Waals surface area contributed by atoms with Gasteiger partial charge in [0.2, 0.25) is 0 Å². The zero-order chi connectivity index (χ0) is 12.6. The number of hydrogen-bond acceptors (Lipinski definition) is 5. The first-order valence-electron chi connectivity index (χ1n) is 3.57. The van der Waals surface area contributed by atoms with E-state index in [1.54, 1.807) is 6.92 Å². The summed E-state index contributed by atoms with van der Waals surface area (Å²) in [5, 5.41) is 13.9. The van der Waals surface area contributed by atoms with Crippen LogP contribution in [0.15, 0.2) is 0 Å². The van der Waals surface area contributed by atoms with Crippen LogP contribution in [0.1, 0.15) is 13.3 Å². The average molecular weight is 265 g/mol. The second-order valence-corrected chi connectivity index (χ2v) is 3.87. The molecular weight excluding hydrogens is 253 g/mol. The van der Waals surface area contributed by atoms with E-state index in [0.29, 0.717) is 0 Å². The topological polar surface area (TPSA) is 155 Å². The minimum Gasteiger partial charge on any atom is -0.484 e. The van der Waals surface area contributed by atoms with Gasteiger partial charge in [-0.1, -0.05) is 0 Å². The van der Waals surface area contributed by atoms with E-state index in [1.165, 1.54) is 6.54 Å². The third kappa shape index (κ3) is 11.9. The molecule has 0 bridgehead atoms. The molecule has 0 spiro atoms. The smallest absolute Gasteiger partial charge is 0.484 e. The van der Waals surface area contributed by atoms with Gasteiger partial charge >= 0.3 is 41.5 Å². The van der Waals surface area contributed by atoms with Crippen molar-refractivity contribution in [2.24, 2.45) is 5.73 Å². The standard InChI is InChI=1S/C4H6O7S.C2H6N.Na/c5-3(6)1-2(4(7)8)12(9,10)11;1-2-3;/h2H,1H2,(H,5,6)(H,7,8)(H,9,10,11);2H,3H2,1H3;/q;-1;+1. The summed E-state index contributed by atoms with van der Waals surface area (Å²) in [6, 6.07) is 0. The Labute approximate surface area is 115 Å². The van der Waals surface area contributed by atoms with Gasteiger partial charge in [-0.15, -0.1) is 0 Å². The van der Waals surface area contributed by atoms with Gasteiger partial charge in [0.05, 0.1) is 6.42 Å². The number of rotatable bonds is 4. The Morgan fingerprint density at radius 1 is 1.38 bits per heavy atom. The van der Waals surface area contributed by atoms with E-state index in [2.05, 4.69) is 0 Å². The predicted molar refractivity (Wildman–Crippen MR) is 49.4 cm³/mol. The summed E-state index contributed by atoms with van der Waals surface area (Å²) in [6.45, 7) is 3.28. The summed E-state index contributed by atoms with van der Waals surface area (Å²) in [4.78, 5) is 20.0. The molecule has 8 nitrogen and oxygen atoms in total. The molecule has 0 aromatic heterocycles. The van der Waals surface area contributed by atoms with Gasteiger partial charge in [0, 0.05) is 0 Å². The second-order valence-electron chi connectivity index (χ2n) is 2.27. The van der Waals surface area contributed by atoms with E-state index in [1.807, 2.05) is 0 Å². The molecule has 16 heavy (non-hydrogen) atoms. The zero-order valence-corrected chi connectivity index (χ0v) is 11.6. The van der Waals surface area contributed by atoms with Crippen LogP contribution < -0.4 is 35.3 Å². The monoisotopic (exact) mass is 265 g/mol. The normalized spacial score (nSPS) is 11.4. The van der Waals surface area contributed by atoms with E-state index in [-0.39, 0.29) is 29.6 Å². The van der Waals surface area contributed by atoms with Gasteiger partial charge in [-0.25, -0.2) is 0 Å². The van der Waals surface area contributed by atoms with Crippen molar-refractivity contribution in [3.8, 4) is 0 Å². The van der Waals surface area contributed by atoms with E-state index in [9.17, 15) is 18.0 Å². The van der Waals surface area contributed by atoms with E-state index in [4.69, 9.17) is 20.5 Å². The maximum atomic E-state index is 10.2. The predicted octanol–water partition coefficient (Wildman–Crippen LogP) is -4.07. The molecule has 0 radical (unpaired) electrons. The third-order valence-corrected chi connectivity index (χ3v) is 2.08. The van der Waals surface area contributed by atoms with Gasteiger partial charge in [-0.05, 0) is 0 Å². The molecule has 1 unspecified atom stereocenters. The summed E-state index contributed by atoms with van der Waals surface area (Å²) in [5.74, 6) is -3.50. The molecule has 0 amide bonds. The molecule has 5 N–H and O–H groups in total. The summed E-state index contributed by atoms with van der Waals surface area (Å²) >= 11 is 0. The Kier molecular flexibility index (Phi) is 13.2. The van der Waals surface area contributed by atoms with Gasteiger partial charge in [-0.2, -0.15) is 15.3 Å². The van der Waals surface area contributed by atoms with E-state index in [0.717, 1.165) is 0 Å². The number of carbonyl (C=O) groups is 2. The molecule has 10 heteroatoms. The molecule has 0 aliphatic rings. The summed E-state index contributed by atoms with van der Waals surface area (Å²) in [7, 11) is -4.84. The SMILES string of the molecule is C[CH-]N.O=C(O)CC(C(=O)O)S(=O)(=O)O.[Na+]. The molecule has 90 valence electrons. The Hall–Kier alpha value is -0.190. The maximum absolute atomic E-state index is 10.2. The summed E-state index contributed by atoms with van der Waals surface area (Å²) in [5.41, 5.74) is 4.72. The van der Waals surface area contributed by atoms with Gasteiger partial charge in [0.15, 0.2) is 5.25 Å². The second kappa shape index (κ2) is 10.00. The molecule has 0 saturated carbocycles. The number of nitrogens with two attached hydrogens (primary N) is 1. The first kappa shape index (κ1) is 21.1. The molecular formula is C6H12NNaO7S. The van der Waals surface area contributed by atoms with Crippen LogP contribution in [0.25, 0.3) is 0 Å². The zero-order valence-electron chi connectivity index (χ0n) is 8.82. The molecule has 0 aliphatic heterocycles. The van der Waals surface area contributed by atoms with Crippen LogP contribution in [0.2, 0.25) is 0 Å². The largest absolute Gasteiger partial charge is 1.00 e.